The molecule has 1 amide bonds. The SMILES string of the molecule is CCCCC(C)=C(F)C=CC1CCC(=O)N1CCc1ccc(C(=O)OC)cc1. The van der Waals surface area contributed by atoms with E-state index in [-0.39, 0.29) is 23.7 Å². The largest absolute Gasteiger partial charge is 0.465 e. The zero-order chi connectivity index (χ0) is 20.5. The number of rotatable bonds is 9. The molecule has 0 bridgehead atoms. The van der Waals surface area contributed by atoms with Crippen molar-refractivity contribution in [1.29, 1.82) is 0 Å². The van der Waals surface area contributed by atoms with Crippen LogP contribution in [0.1, 0.15) is 61.9 Å². The molecule has 2 rings (SSSR count). The number of methoxy groups -OCH3 is 1. The van der Waals surface area contributed by atoms with Gasteiger partial charge in [-0.05, 0) is 62.0 Å². The number of halogens is 1. The summed E-state index contributed by atoms with van der Waals surface area (Å²) in [5.74, 6) is -0.449. The van der Waals surface area contributed by atoms with Crippen LogP contribution in [0.3, 0.4) is 0 Å². The lowest BCUT2D eigenvalue weighted by Crippen LogP contribution is -2.33. The van der Waals surface area contributed by atoms with E-state index in [2.05, 4.69) is 6.92 Å². The highest BCUT2D eigenvalue weighted by Gasteiger charge is 2.28. The van der Waals surface area contributed by atoms with Crippen LogP contribution in [-0.2, 0) is 16.0 Å². The monoisotopic (exact) mass is 387 g/mol. The molecule has 1 heterocycles. The fraction of sp³-hybridized carbons (Fsp3) is 0.478. The molecule has 152 valence electrons. The third-order valence-electron chi connectivity index (χ3n) is 5.17. The number of ether oxygens (including phenoxy) is 1. The molecule has 1 unspecified atom stereocenters. The molecule has 0 spiro atoms. The molecule has 0 saturated carbocycles. The van der Waals surface area contributed by atoms with Gasteiger partial charge in [-0.15, -0.1) is 0 Å². The van der Waals surface area contributed by atoms with E-state index in [1.54, 1.807) is 12.1 Å². The highest BCUT2D eigenvalue weighted by molar-refractivity contribution is 5.89. The third kappa shape index (κ3) is 6.04. The van der Waals surface area contributed by atoms with Gasteiger partial charge in [-0.1, -0.05) is 31.6 Å². The normalized spacial score (nSPS) is 17.9. The van der Waals surface area contributed by atoms with Gasteiger partial charge in [-0.2, -0.15) is 0 Å². The summed E-state index contributed by atoms with van der Waals surface area (Å²) in [6, 6.07) is 7.13. The molecule has 4 nitrogen and oxygen atoms in total. The van der Waals surface area contributed by atoms with Gasteiger partial charge in [-0.25, -0.2) is 9.18 Å². The van der Waals surface area contributed by atoms with E-state index in [0.717, 1.165) is 36.8 Å². The number of unbranched alkanes of at least 4 members (excludes halogenated alkanes) is 1. The average Bonchev–Trinajstić information content (AvgIpc) is 3.07. The lowest BCUT2D eigenvalue weighted by molar-refractivity contribution is -0.128. The number of hydrogen-bond donors (Lipinski definition) is 0. The first-order valence-electron chi connectivity index (χ1n) is 9.96. The molecule has 0 radical (unpaired) electrons. The van der Waals surface area contributed by atoms with E-state index in [1.165, 1.54) is 13.2 Å². The van der Waals surface area contributed by atoms with Crippen molar-refractivity contribution >= 4 is 11.9 Å². The van der Waals surface area contributed by atoms with Crippen LogP contribution in [0.4, 0.5) is 4.39 Å². The molecule has 1 aliphatic heterocycles. The van der Waals surface area contributed by atoms with Crippen molar-refractivity contribution in [3.05, 3.63) is 58.9 Å². The zero-order valence-electron chi connectivity index (χ0n) is 17.0. The fourth-order valence-electron chi connectivity index (χ4n) is 3.32. The number of carbonyl (C=O) groups is 2. The summed E-state index contributed by atoms with van der Waals surface area (Å²) in [6.45, 7) is 4.49. The first kappa shape index (κ1) is 21.9. The quantitative estimate of drug-likeness (QED) is 0.443. The molecule has 1 atom stereocenters. The molecular weight excluding hydrogens is 357 g/mol. The summed E-state index contributed by atoms with van der Waals surface area (Å²) in [5, 5.41) is 0. The minimum atomic E-state index is -0.365. The minimum absolute atomic E-state index is 0.0634. The van der Waals surface area contributed by atoms with E-state index >= 15 is 0 Å². The van der Waals surface area contributed by atoms with Crippen LogP contribution in [-0.4, -0.2) is 36.5 Å². The molecule has 1 saturated heterocycles. The molecule has 0 aromatic heterocycles. The number of esters is 1. The fourth-order valence-corrected chi connectivity index (χ4v) is 3.32. The molecule has 1 aliphatic rings. The Bertz CT molecular complexity index is 737. The Labute approximate surface area is 167 Å². The van der Waals surface area contributed by atoms with E-state index in [9.17, 15) is 14.0 Å². The van der Waals surface area contributed by atoms with Crippen LogP contribution >= 0.6 is 0 Å². The number of amides is 1. The summed E-state index contributed by atoms with van der Waals surface area (Å²) < 4.78 is 18.9. The second kappa shape index (κ2) is 10.8. The molecule has 0 aliphatic carbocycles. The highest BCUT2D eigenvalue weighted by Crippen LogP contribution is 2.22. The van der Waals surface area contributed by atoms with Gasteiger partial charge in [0.1, 0.15) is 5.83 Å². The molecule has 1 aromatic rings. The Balaban J connectivity index is 1.96. The number of carbonyl (C=O) groups excluding carboxylic acids is 2. The Morgan fingerprint density at radius 3 is 2.68 bits per heavy atom. The summed E-state index contributed by atoms with van der Waals surface area (Å²) in [5.41, 5.74) is 2.31. The molecule has 0 N–H and O–H groups in total. The smallest absolute Gasteiger partial charge is 0.337 e. The van der Waals surface area contributed by atoms with Crippen molar-refractivity contribution in [2.75, 3.05) is 13.7 Å². The van der Waals surface area contributed by atoms with E-state index in [4.69, 9.17) is 4.74 Å². The maximum absolute atomic E-state index is 14.2. The van der Waals surface area contributed by atoms with Crippen LogP contribution < -0.4 is 0 Å². The lowest BCUT2D eigenvalue weighted by atomic mass is 10.1. The van der Waals surface area contributed by atoms with Crippen molar-refractivity contribution in [3.8, 4) is 0 Å². The zero-order valence-corrected chi connectivity index (χ0v) is 17.0. The van der Waals surface area contributed by atoms with E-state index < -0.39 is 0 Å². The van der Waals surface area contributed by atoms with Crippen molar-refractivity contribution < 1.29 is 18.7 Å². The maximum Gasteiger partial charge on any atom is 0.337 e. The van der Waals surface area contributed by atoms with Crippen LogP contribution in [0.15, 0.2) is 47.8 Å². The number of benzene rings is 1. The highest BCUT2D eigenvalue weighted by atomic mass is 19.1. The summed E-state index contributed by atoms with van der Waals surface area (Å²) in [7, 11) is 1.35. The predicted molar refractivity (Wildman–Crippen MR) is 109 cm³/mol. The van der Waals surface area contributed by atoms with Gasteiger partial charge >= 0.3 is 5.97 Å². The van der Waals surface area contributed by atoms with Gasteiger partial charge < -0.3 is 9.64 Å². The van der Waals surface area contributed by atoms with Crippen molar-refractivity contribution in [2.24, 2.45) is 0 Å². The second-order valence-electron chi connectivity index (χ2n) is 7.22. The maximum atomic E-state index is 14.2. The van der Waals surface area contributed by atoms with Crippen molar-refractivity contribution in [3.63, 3.8) is 0 Å². The molecule has 5 heteroatoms. The van der Waals surface area contributed by atoms with Gasteiger partial charge in [-0.3, -0.25) is 4.79 Å². The van der Waals surface area contributed by atoms with Crippen LogP contribution in [0.2, 0.25) is 0 Å². The lowest BCUT2D eigenvalue weighted by Gasteiger charge is -2.22. The second-order valence-corrected chi connectivity index (χ2v) is 7.22. The van der Waals surface area contributed by atoms with E-state index in [1.807, 2.05) is 30.0 Å². The summed E-state index contributed by atoms with van der Waals surface area (Å²) >= 11 is 0. The van der Waals surface area contributed by atoms with Gasteiger partial charge in [0.05, 0.1) is 18.7 Å². The number of allylic oxidation sites excluding steroid dienone is 3. The number of likely N-dealkylation sites (tertiary alicyclic amines) is 1. The van der Waals surface area contributed by atoms with E-state index in [0.29, 0.717) is 24.9 Å². The van der Waals surface area contributed by atoms with Crippen molar-refractivity contribution in [2.45, 2.75) is 58.4 Å². The minimum Gasteiger partial charge on any atom is -0.465 e. The standard InChI is InChI=1S/C23H30FNO3/c1-4-5-6-17(2)21(24)13-11-20-12-14-22(26)25(20)16-15-18-7-9-19(10-8-18)23(27)28-3/h7-11,13,20H,4-6,12,14-16H2,1-3H3. The molecule has 28 heavy (non-hydrogen) atoms. The molecule has 1 fully saturated rings. The third-order valence-corrected chi connectivity index (χ3v) is 5.17. The number of nitrogens with zero attached hydrogens (tertiary/aromatic N) is 1. The van der Waals surface area contributed by atoms with Gasteiger partial charge in [0.25, 0.3) is 0 Å². The van der Waals surface area contributed by atoms with Gasteiger partial charge in [0, 0.05) is 13.0 Å². The first-order valence-corrected chi connectivity index (χ1v) is 9.96. The van der Waals surface area contributed by atoms with Crippen LogP contribution in [0.5, 0.6) is 0 Å². The van der Waals surface area contributed by atoms with Crippen LogP contribution in [0.25, 0.3) is 0 Å². The Kier molecular flexibility index (Phi) is 8.42. The predicted octanol–water partition coefficient (Wildman–Crippen LogP) is 5.00. The summed E-state index contributed by atoms with van der Waals surface area (Å²) in [4.78, 5) is 25.5. The molecule has 1 aromatic carbocycles. The van der Waals surface area contributed by atoms with Crippen LogP contribution in [0, 0.1) is 0 Å². The molecular formula is C23H30FNO3. The van der Waals surface area contributed by atoms with Gasteiger partial charge in [0.15, 0.2) is 0 Å². The topological polar surface area (TPSA) is 46.6 Å². The first-order chi connectivity index (χ1) is 13.5. The number of hydrogen-bond acceptors (Lipinski definition) is 3. The Morgan fingerprint density at radius 2 is 2.04 bits per heavy atom. The Morgan fingerprint density at radius 1 is 1.32 bits per heavy atom. The summed E-state index contributed by atoms with van der Waals surface area (Å²) in [6.07, 6.45) is 8.03. The Hall–Kier alpha value is -2.43. The van der Waals surface area contributed by atoms with Gasteiger partial charge in [0.2, 0.25) is 5.91 Å². The average molecular weight is 387 g/mol. The van der Waals surface area contributed by atoms with Crippen molar-refractivity contribution in [1.82, 2.24) is 4.90 Å².